The highest BCUT2D eigenvalue weighted by Gasteiger charge is 2.00. The lowest BCUT2D eigenvalue weighted by Gasteiger charge is -2.03. The van der Waals surface area contributed by atoms with Crippen LogP contribution in [-0.4, -0.2) is 21.1 Å². The molecule has 0 fully saturated rings. The maximum absolute atomic E-state index is 10.4. The van der Waals surface area contributed by atoms with E-state index in [2.05, 4.69) is 10.1 Å². The molecule has 0 radical (unpaired) electrons. The predicted octanol–water partition coefficient (Wildman–Crippen LogP) is 1.69. The normalized spacial score (nSPS) is 10.2. The van der Waals surface area contributed by atoms with E-state index in [1.165, 1.54) is 6.20 Å². The van der Waals surface area contributed by atoms with Crippen LogP contribution in [0.25, 0.3) is 0 Å². The summed E-state index contributed by atoms with van der Waals surface area (Å²) < 4.78 is 7.36. The van der Waals surface area contributed by atoms with Crippen molar-refractivity contribution in [3.63, 3.8) is 0 Å². The fourth-order valence-electron chi connectivity index (χ4n) is 1.37. The maximum Gasteiger partial charge on any atom is 0.168 e. The summed E-state index contributed by atoms with van der Waals surface area (Å²) in [4.78, 5) is 14.3. The molecule has 17 heavy (non-hydrogen) atoms. The van der Waals surface area contributed by atoms with Crippen LogP contribution in [0.2, 0.25) is 0 Å². The Morgan fingerprint density at radius 2 is 2.29 bits per heavy atom. The van der Waals surface area contributed by atoms with E-state index in [0.29, 0.717) is 24.3 Å². The lowest BCUT2D eigenvalue weighted by molar-refractivity contribution is 0.111. The molecule has 2 aromatic heterocycles. The summed E-state index contributed by atoms with van der Waals surface area (Å²) in [5, 5.41) is 4.15. The number of nitrogens with zero attached hydrogens (tertiary/aromatic N) is 3. The molecule has 0 saturated carbocycles. The van der Waals surface area contributed by atoms with Crippen molar-refractivity contribution >= 4 is 6.29 Å². The van der Waals surface area contributed by atoms with Gasteiger partial charge in [-0.15, -0.1) is 0 Å². The summed E-state index contributed by atoms with van der Waals surface area (Å²) in [5.74, 6) is 0.639. The van der Waals surface area contributed by atoms with Crippen LogP contribution in [0, 0.1) is 0 Å². The number of aldehydes is 1. The third kappa shape index (κ3) is 2.90. The molecule has 0 unspecified atom stereocenters. The quantitative estimate of drug-likeness (QED) is 0.735. The van der Waals surface area contributed by atoms with E-state index in [9.17, 15) is 4.79 Å². The number of carbonyl (C=O) groups excluding carboxylic acids is 1. The first kappa shape index (κ1) is 11.3. The van der Waals surface area contributed by atoms with Crippen molar-refractivity contribution in [1.29, 1.82) is 0 Å². The van der Waals surface area contributed by atoms with Crippen molar-refractivity contribution in [2.45, 2.75) is 20.1 Å². The molecule has 0 aliphatic rings. The minimum absolute atomic E-state index is 0.399. The number of rotatable bonds is 5. The molecule has 2 rings (SSSR count). The summed E-state index contributed by atoms with van der Waals surface area (Å²) in [5.41, 5.74) is 1.41. The van der Waals surface area contributed by atoms with Crippen molar-refractivity contribution in [3.8, 4) is 5.75 Å². The monoisotopic (exact) mass is 231 g/mol. The van der Waals surface area contributed by atoms with Crippen molar-refractivity contribution in [2.75, 3.05) is 0 Å². The fraction of sp³-hybridized carbons (Fsp3) is 0.250. The minimum atomic E-state index is 0.399. The zero-order valence-corrected chi connectivity index (χ0v) is 9.54. The second-order valence-corrected chi connectivity index (χ2v) is 3.53. The van der Waals surface area contributed by atoms with Gasteiger partial charge in [-0.25, -0.2) is 4.98 Å². The highest BCUT2D eigenvalue weighted by atomic mass is 16.5. The SMILES string of the molecule is CCn1cc(COc2ccc(C=O)nc2)cn1. The zero-order chi connectivity index (χ0) is 12.1. The summed E-state index contributed by atoms with van der Waals surface area (Å²) in [6, 6.07) is 3.35. The van der Waals surface area contributed by atoms with Crippen LogP contribution in [0.15, 0.2) is 30.7 Å². The Labute approximate surface area is 99.1 Å². The number of aryl methyl sites for hydroxylation is 1. The molecule has 0 aliphatic carbocycles. The molecular weight excluding hydrogens is 218 g/mol. The van der Waals surface area contributed by atoms with Crippen LogP contribution in [-0.2, 0) is 13.2 Å². The molecule has 0 aromatic carbocycles. The van der Waals surface area contributed by atoms with Gasteiger partial charge in [0.25, 0.3) is 0 Å². The van der Waals surface area contributed by atoms with Gasteiger partial charge in [-0.2, -0.15) is 5.10 Å². The van der Waals surface area contributed by atoms with Gasteiger partial charge in [-0.1, -0.05) is 0 Å². The van der Waals surface area contributed by atoms with Crippen LogP contribution in [0.3, 0.4) is 0 Å². The van der Waals surface area contributed by atoms with Gasteiger partial charge in [0.05, 0.1) is 12.4 Å². The lowest BCUT2D eigenvalue weighted by Crippen LogP contribution is -1.96. The molecule has 0 N–H and O–H groups in total. The largest absolute Gasteiger partial charge is 0.487 e. The topological polar surface area (TPSA) is 57.0 Å². The molecule has 0 aliphatic heterocycles. The lowest BCUT2D eigenvalue weighted by atomic mass is 10.3. The van der Waals surface area contributed by atoms with Crippen molar-refractivity contribution in [1.82, 2.24) is 14.8 Å². The Hall–Kier alpha value is -2.17. The van der Waals surface area contributed by atoms with E-state index in [0.717, 1.165) is 12.1 Å². The molecule has 0 atom stereocenters. The number of aromatic nitrogens is 3. The molecular formula is C12H13N3O2. The molecule has 0 amide bonds. The van der Waals surface area contributed by atoms with E-state index < -0.39 is 0 Å². The molecule has 5 nitrogen and oxygen atoms in total. The molecule has 0 spiro atoms. The maximum atomic E-state index is 10.4. The average molecular weight is 231 g/mol. The second-order valence-electron chi connectivity index (χ2n) is 3.53. The average Bonchev–Trinajstić information content (AvgIpc) is 2.85. The number of pyridine rings is 1. The van der Waals surface area contributed by atoms with Gasteiger partial charge < -0.3 is 4.74 Å². The number of hydrogen-bond acceptors (Lipinski definition) is 4. The van der Waals surface area contributed by atoms with Crippen molar-refractivity contribution < 1.29 is 9.53 Å². The van der Waals surface area contributed by atoms with E-state index >= 15 is 0 Å². The zero-order valence-electron chi connectivity index (χ0n) is 9.54. The van der Waals surface area contributed by atoms with Gasteiger partial charge in [0, 0.05) is 18.3 Å². The van der Waals surface area contributed by atoms with Crippen molar-refractivity contribution in [2.24, 2.45) is 0 Å². The predicted molar refractivity (Wildman–Crippen MR) is 61.9 cm³/mol. The second kappa shape index (κ2) is 5.25. The third-order valence-corrected chi connectivity index (χ3v) is 2.30. The standard InChI is InChI=1S/C12H13N3O2/c1-2-15-7-10(5-14-15)9-17-12-4-3-11(8-16)13-6-12/h3-8H,2,9H2,1H3. The number of ether oxygens (including phenoxy) is 1. The van der Waals surface area contributed by atoms with Gasteiger partial charge in [0.1, 0.15) is 18.1 Å². The molecule has 0 bridgehead atoms. The Morgan fingerprint density at radius 1 is 1.41 bits per heavy atom. The first-order valence-electron chi connectivity index (χ1n) is 5.37. The van der Waals surface area contributed by atoms with Gasteiger partial charge in [0.2, 0.25) is 0 Å². The van der Waals surface area contributed by atoms with Gasteiger partial charge in [0.15, 0.2) is 6.29 Å². The molecule has 5 heteroatoms. The van der Waals surface area contributed by atoms with Crippen molar-refractivity contribution in [3.05, 3.63) is 42.0 Å². The van der Waals surface area contributed by atoms with E-state index in [1.807, 2.05) is 17.8 Å². The van der Waals surface area contributed by atoms with Crippen LogP contribution in [0.5, 0.6) is 5.75 Å². The van der Waals surface area contributed by atoms with Gasteiger partial charge >= 0.3 is 0 Å². The Morgan fingerprint density at radius 3 is 2.88 bits per heavy atom. The summed E-state index contributed by atoms with van der Waals surface area (Å²) in [6.45, 7) is 3.32. The first-order chi connectivity index (χ1) is 8.31. The molecule has 2 heterocycles. The Bertz CT molecular complexity index is 491. The molecule has 0 saturated heterocycles. The molecule has 2 aromatic rings. The fourth-order valence-corrected chi connectivity index (χ4v) is 1.37. The summed E-state index contributed by atoms with van der Waals surface area (Å²) >= 11 is 0. The van der Waals surface area contributed by atoms with Crippen LogP contribution in [0.1, 0.15) is 23.0 Å². The number of carbonyl (C=O) groups is 1. The smallest absolute Gasteiger partial charge is 0.168 e. The summed E-state index contributed by atoms with van der Waals surface area (Å²) in [6.07, 6.45) is 5.95. The van der Waals surface area contributed by atoms with Gasteiger partial charge in [-0.05, 0) is 19.1 Å². The number of hydrogen-bond donors (Lipinski definition) is 0. The minimum Gasteiger partial charge on any atom is -0.487 e. The van der Waals surface area contributed by atoms with Crippen LogP contribution < -0.4 is 4.74 Å². The third-order valence-electron chi connectivity index (χ3n) is 2.30. The van der Waals surface area contributed by atoms with Gasteiger partial charge in [-0.3, -0.25) is 9.48 Å². The van der Waals surface area contributed by atoms with E-state index in [1.54, 1.807) is 18.3 Å². The highest BCUT2D eigenvalue weighted by molar-refractivity contribution is 5.71. The Balaban J connectivity index is 1.94. The van der Waals surface area contributed by atoms with E-state index in [4.69, 9.17) is 4.74 Å². The van der Waals surface area contributed by atoms with Crippen LogP contribution in [0.4, 0.5) is 0 Å². The summed E-state index contributed by atoms with van der Waals surface area (Å²) in [7, 11) is 0. The highest BCUT2D eigenvalue weighted by Crippen LogP contribution is 2.11. The first-order valence-corrected chi connectivity index (χ1v) is 5.37. The Kier molecular flexibility index (Phi) is 3.49. The van der Waals surface area contributed by atoms with Crippen LogP contribution >= 0.6 is 0 Å². The van der Waals surface area contributed by atoms with E-state index in [-0.39, 0.29) is 0 Å². The molecule has 88 valence electrons.